The van der Waals surface area contributed by atoms with Crippen LogP contribution in [-0.4, -0.2) is 95.9 Å². The molecule has 0 bridgehead atoms. The molecule has 0 aliphatic rings. The summed E-state index contributed by atoms with van der Waals surface area (Å²) in [5, 5.41) is 20.5. The lowest BCUT2D eigenvalue weighted by Crippen LogP contribution is -2.30. The molecule has 0 aromatic rings. The molecule has 0 fully saturated rings. The number of aliphatic hydroxyl groups is 2. The van der Waals surface area contributed by atoms with Crippen LogP contribution in [0.15, 0.2) is 72.9 Å². The molecule has 0 aromatic heterocycles. The highest BCUT2D eigenvalue weighted by atomic mass is 31.2. The predicted molar refractivity (Wildman–Crippen MR) is 344 cm³/mol. The van der Waals surface area contributed by atoms with Gasteiger partial charge in [-0.3, -0.25) is 32.5 Å². The first-order chi connectivity index (χ1) is 41.2. The quantitative estimate of drug-likeness (QED) is 0.0146. The number of phosphoric acid groups is 2. The number of esters is 3. The molecule has 0 amide bonds. The van der Waals surface area contributed by atoms with E-state index in [0.29, 0.717) is 19.3 Å². The van der Waals surface area contributed by atoms with Crippen LogP contribution in [0, 0.1) is 0 Å². The van der Waals surface area contributed by atoms with Crippen LogP contribution in [-0.2, 0) is 55.8 Å². The smallest absolute Gasteiger partial charge is 0.463 e. The summed E-state index contributed by atoms with van der Waals surface area (Å²) in [5.41, 5.74) is 0. The van der Waals surface area contributed by atoms with Gasteiger partial charge in [0.25, 0.3) is 0 Å². The van der Waals surface area contributed by atoms with Gasteiger partial charge in [-0.15, -0.1) is 0 Å². The van der Waals surface area contributed by atoms with Crippen molar-refractivity contribution in [3.63, 3.8) is 0 Å². The van der Waals surface area contributed by atoms with E-state index < -0.39 is 91.5 Å². The van der Waals surface area contributed by atoms with Gasteiger partial charge in [0, 0.05) is 19.3 Å². The van der Waals surface area contributed by atoms with Crippen LogP contribution in [0.5, 0.6) is 0 Å². The van der Waals surface area contributed by atoms with E-state index in [-0.39, 0.29) is 19.3 Å². The van der Waals surface area contributed by atoms with Gasteiger partial charge in [-0.05, 0) is 83.5 Å². The summed E-state index contributed by atoms with van der Waals surface area (Å²) in [7, 11) is -9.76. The third kappa shape index (κ3) is 62.4. The summed E-state index contributed by atoms with van der Waals surface area (Å²) in [6.45, 7) is 2.50. The SMILES string of the molecule is CC/C=C\C/C=C\C/C=C\C/C=C\C/C=C\CCCCCCCCCCCC(=O)OCC(O)COP(=O)(O)OCC(O)COP(=O)(O)OCC(COC(=O)CCCCCCCCCCCCCCC)OC(=O)CCCCCCC/C=C\CCCC. The van der Waals surface area contributed by atoms with Crippen molar-refractivity contribution < 1.29 is 75.8 Å². The first-order valence-corrected chi connectivity index (χ1v) is 36.2. The van der Waals surface area contributed by atoms with Crippen LogP contribution in [0.2, 0.25) is 0 Å². The second kappa shape index (κ2) is 61.2. The predicted octanol–water partition coefficient (Wildman–Crippen LogP) is 18.0. The summed E-state index contributed by atoms with van der Waals surface area (Å²) in [6.07, 6.45) is 62.6. The van der Waals surface area contributed by atoms with Gasteiger partial charge in [-0.1, -0.05) is 248 Å². The fourth-order valence-corrected chi connectivity index (χ4v) is 10.4. The van der Waals surface area contributed by atoms with Crippen molar-refractivity contribution in [2.24, 2.45) is 0 Å². The highest BCUT2D eigenvalue weighted by Gasteiger charge is 2.29. The lowest BCUT2D eigenvalue weighted by atomic mass is 10.0. The average molecular weight is 1240 g/mol. The molecule has 0 aromatic carbocycles. The van der Waals surface area contributed by atoms with Crippen LogP contribution in [0.1, 0.15) is 278 Å². The number of unbranched alkanes of at least 4 members (excludes halogenated alkanes) is 28. The fourth-order valence-electron chi connectivity index (χ4n) is 8.81. The Morgan fingerprint density at radius 1 is 0.341 bits per heavy atom. The van der Waals surface area contributed by atoms with Gasteiger partial charge in [0.1, 0.15) is 25.4 Å². The number of hydrogen-bond acceptors (Lipinski definition) is 14. The number of aliphatic hydroxyl groups excluding tert-OH is 2. The van der Waals surface area contributed by atoms with Crippen LogP contribution >= 0.6 is 15.6 Å². The zero-order valence-corrected chi connectivity index (χ0v) is 55.1. The molecule has 494 valence electrons. The molecule has 0 rings (SSSR count). The summed E-state index contributed by atoms with van der Waals surface area (Å²) < 4.78 is 60.7. The first kappa shape index (κ1) is 82.0. The van der Waals surface area contributed by atoms with E-state index in [1.165, 1.54) is 96.3 Å². The number of ether oxygens (including phenoxy) is 3. The van der Waals surface area contributed by atoms with Crippen molar-refractivity contribution in [2.45, 2.75) is 296 Å². The number of carbonyl (C=O) groups excluding carboxylic acids is 3. The average Bonchev–Trinajstić information content (AvgIpc) is 3.60. The summed E-state index contributed by atoms with van der Waals surface area (Å²) in [5.74, 6) is -1.58. The Morgan fingerprint density at radius 3 is 1.04 bits per heavy atom. The monoisotopic (exact) mass is 1240 g/mol. The summed E-state index contributed by atoms with van der Waals surface area (Å²) in [6, 6.07) is 0. The molecule has 5 atom stereocenters. The Labute approximate surface area is 515 Å². The number of phosphoric ester groups is 2. The van der Waals surface area contributed by atoms with E-state index in [9.17, 15) is 43.5 Å². The zero-order valence-electron chi connectivity index (χ0n) is 53.3. The van der Waals surface area contributed by atoms with E-state index in [0.717, 1.165) is 122 Å². The maximum Gasteiger partial charge on any atom is 0.472 e. The van der Waals surface area contributed by atoms with Crippen molar-refractivity contribution in [1.29, 1.82) is 0 Å². The minimum absolute atomic E-state index is 0.0979. The lowest BCUT2D eigenvalue weighted by Gasteiger charge is -2.21. The fraction of sp³-hybridized carbons (Fsp3) is 0.776. The Bertz CT molecular complexity index is 1850. The molecule has 0 saturated carbocycles. The summed E-state index contributed by atoms with van der Waals surface area (Å²) >= 11 is 0. The molecule has 0 aliphatic heterocycles. The Kier molecular flexibility index (Phi) is 59.1. The van der Waals surface area contributed by atoms with E-state index in [1.54, 1.807) is 0 Å². The van der Waals surface area contributed by atoms with Gasteiger partial charge in [-0.2, -0.15) is 0 Å². The van der Waals surface area contributed by atoms with E-state index in [1.807, 2.05) is 0 Å². The molecule has 0 radical (unpaired) electrons. The molecule has 85 heavy (non-hydrogen) atoms. The standard InChI is InChI=1S/C67H120O16P2/c1-4-7-10-13-16-19-22-24-25-26-27-28-29-30-31-32-33-34-35-37-40-41-44-47-50-53-65(70)77-56-62(68)57-79-84(73,74)80-58-63(69)59-81-85(75,76)82-61-64(83-67(72)55-52-49-46-43-38-21-18-15-12-9-6-3)60-78-66(71)54-51-48-45-42-39-36-23-20-17-14-11-8-5-2/h7,10,15-16,18-19,24-25,27-28,30-31,62-64,68-69H,4-6,8-9,11-14,17,20-23,26,29,32-61H2,1-3H3,(H,73,74)(H,75,76)/b10-7-,18-15-,19-16-,25-24-,28-27-,31-30-. The first-order valence-electron chi connectivity index (χ1n) is 33.2. The third-order valence-electron chi connectivity index (χ3n) is 13.9. The Morgan fingerprint density at radius 2 is 0.635 bits per heavy atom. The number of rotatable bonds is 63. The maximum absolute atomic E-state index is 12.8. The molecule has 5 unspecified atom stereocenters. The topological polar surface area (TPSA) is 231 Å². The highest BCUT2D eigenvalue weighted by molar-refractivity contribution is 7.47. The van der Waals surface area contributed by atoms with Gasteiger partial charge in [0.15, 0.2) is 6.10 Å². The zero-order chi connectivity index (χ0) is 62.4. The molecule has 0 saturated heterocycles. The van der Waals surface area contributed by atoms with Crippen LogP contribution < -0.4 is 0 Å². The second-order valence-corrected chi connectivity index (χ2v) is 25.2. The van der Waals surface area contributed by atoms with Crippen molar-refractivity contribution in [3.8, 4) is 0 Å². The van der Waals surface area contributed by atoms with E-state index in [2.05, 4.69) is 93.7 Å². The largest absolute Gasteiger partial charge is 0.472 e. The number of allylic oxidation sites excluding steroid dienone is 12. The van der Waals surface area contributed by atoms with Crippen molar-refractivity contribution in [3.05, 3.63) is 72.9 Å². The van der Waals surface area contributed by atoms with Crippen LogP contribution in [0.4, 0.5) is 0 Å². The second-order valence-electron chi connectivity index (χ2n) is 22.2. The summed E-state index contributed by atoms with van der Waals surface area (Å²) in [4.78, 5) is 58.2. The molecule has 0 spiro atoms. The van der Waals surface area contributed by atoms with Gasteiger partial charge in [0.2, 0.25) is 0 Å². The van der Waals surface area contributed by atoms with Crippen molar-refractivity contribution in [2.75, 3.05) is 39.6 Å². The number of carbonyl (C=O) groups is 3. The highest BCUT2D eigenvalue weighted by Crippen LogP contribution is 2.45. The van der Waals surface area contributed by atoms with Crippen molar-refractivity contribution in [1.82, 2.24) is 0 Å². The van der Waals surface area contributed by atoms with E-state index >= 15 is 0 Å². The molecule has 0 heterocycles. The minimum atomic E-state index is -4.91. The van der Waals surface area contributed by atoms with Gasteiger partial charge < -0.3 is 34.2 Å². The van der Waals surface area contributed by atoms with Gasteiger partial charge in [-0.25, -0.2) is 9.13 Å². The molecule has 4 N–H and O–H groups in total. The normalized spacial score (nSPS) is 14.8. The maximum atomic E-state index is 12.8. The van der Waals surface area contributed by atoms with Crippen molar-refractivity contribution >= 4 is 33.6 Å². The third-order valence-corrected chi connectivity index (χ3v) is 15.8. The molecule has 16 nitrogen and oxygen atoms in total. The molecule has 0 aliphatic carbocycles. The van der Waals surface area contributed by atoms with Gasteiger partial charge in [0.05, 0.1) is 26.4 Å². The molecular weight excluding hydrogens is 1120 g/mol. The van der Waals surface area contributed by atoms with Crippen LogP contribution in [0.25, 0.3) is 0 Å². The minimum Gasteiger partial charge on any atom is -0.463 e. The molecule has 18 heteroatoms. The van der Waals surface area contributed by atoms with Gasteiger partial charge >= 0.3 is 33.6 Å². The number of hydrogen-bond donors (Lipinski definition) is 4. The van der Waals surface area contributed by atoms with E-state index in [4.69, 9.17) is 32.3 Å². The Balaban J connectivity index is 4.46. The molecular formula is C67H120O16P2. The lowest BCUT2D eigenvalue weighted by molar-refractivity contribution is -0.161. The Hall–Kier alpha value is -3.01. The van der Waals surface area contributed by atoms with Crippen LogP contribution in [0.3, 0.4) is 0 Å².